The minimum absolute atomic E-state index is 0.397. The van der Waals surface area contributed by atoms with E-state index >= 15 is 0 Å². The van der Waals surface area contributed by atoms with Gasteiger partial charge in [-0.1, -0.05) is 13.3 Å². The molecular formula is C14H20N2O2. The van der Waals surface area contributed by atoms with Gasteiger partial charge in [-0.25, -0.2) is 9.97 Å². The summed E-state index contributed by atoms with van der Waals surface area (Å²) in [5, 5.41) is 0. The molecule has 0 N–H and O–H groups in total. The molecule has 1 aromatic rings. The Morgan fingerprint density at radius 3 is 3.11 bits per heavy atom. The monoisotopic (exact) mass is 248 g/mol. The van der Waals surface area contributed by atoms with Gasteiger partial charge in [-0.05, 0) is 38.2 Å². The summed E-state index contributed by atoms with van der Waals surface area (Å²) in [5.41, 5.74) is 0.0307. The van der Waals surface area contributed by atoms with E-state index < -0.39 is 5.60 Å². The quantitative estimate of drug-likeness (QED) is 0.769. The number of aromatic nitrogens is 2. The fourth-order valence-corrected chi connectivity index (χ4v) is 2.84. The van der Waals surface area contributed by atoms with Crippen LogP contribution in [0.25, 0.3) is 0 Å². The molecule has 0 aliphatic heterocycles. The summed E-state index contributed by atoms with van der Waals surface area (Å²) in [6.45, 7) is 4.86. The van der Waals surface area contributed by atoms with Crippen molar-refractivity contribution >= 4 is 6.29 Å². The third-order valence-electron chi connectivity index (χ3n) is 3.58. The third kappa shape index (κ3) is 2.58. The van der Waals surface area contributed by atoms with Gasteiger partial charge in [-0.2, -0.15) is 0 Å². The van der Waals surface area contributed by atoms with Gasteiger partial charge in [-0.15, -0.1) is 0 Å². The fraction of sp³-hybridized carbons (Fsp3) is 0.643. The highest BCUT2D eigenvalue weighted by Gasteiger charge is 2.39. The molecule has 0 amide bonds. The molecule has 0 saturated heterocycles. The summed E-state index contributed by atoms with van der Waals surface area (Å²) in [6, 6.07) is 1.63. The van der Waals surface area contributed by atoms with Crippen molar-refractivity contribution in [3.63, 3.8) is 0 Å². The highest BCUT2D eigenvalue weighted by Crippen LogP contribution is 2.41. The van der Waals surface area contributed by atoms with Gasteiger partial charge in [0.15, 0.2) is 12.1 Å². The Morgan fingerprint density at radius 1 is 1.61 bits per heavy atom. The third-order valence-corrected chi connectivity index (χ3v) is 3.58. The van der Waals surface area contributed by atoms with E-state index in [1.54, 1.807) is 12.3 Å². The lowest BCUT2D eigenvalue weighted by molar-refractivity contribution is -0.0881. The average Bonchev–Trinajstić information content (AvgIpc) is 2.39. The molecule has 0 radical (unpaired) electrons. The minimum atomic E-state index is -0.397. The molecule has 1 aromatic heterocycles. The maximum Gasteiger partial charge on any atom is 0.168 e. The maximum absolute atomic E-state index is 10.8. The Labute approximate surface area is 108 Å². The number of aldehydes is 1. The summed E-state index contributed by atoms with van der Waals surface area (Å²) in [5.74, 6) is 1.27. The number of ether oxygens (including phenoxy) is 1. The molecule has 18 heavy (non-hydrogen) atoms. The van der Waals surface area contributed by atoms with Crippen molar-refractivity contribution in [2.75, 3.05) is 6.61 Å². The summed E-state index contributed by atoms with van der Waals surface area (Å²) in [4.78, 5) is 19.5. The predicted molar refractivity (Wildman–Crippen MR) is 68.4 cm³/mol. The molecule has 2 rings (SSSR count). The van der Waals surface area contributed by atoms with Gasteiger partial charge in [0.2, 0.25) is 0 Å². The lowest BCUT2D eigenvalue weighted by atomic mass is 9.78. The average molecular weight is 248 g/mol. The number of carbonyl (C=O) groups excluding carboxylic acids is 1. The summed E-state index contributed by atoms with van der Waals surface area (Å²) >= 11 is 0. The van der Waals surface area contributed by atoms with Crippen molar-refractivity contribution in [3.05, 3.63) is 23.8 Å². The molecule has 4 nitrogen and oxygen atoms in total. The first-order valence-corrected chi connectivity index (χ1v) is 6.63. The van der Waals surface area contributed by atoms with E-state index in [-0.39, 0.29) is 0 Å². The summed E-state index contributed by atoms with van der Waals surface area (Å²) < 4.78 is 5.99. The zero-order chi connectivity index (χ0) is 13.0. The molecule has 1 aliphatic rings. The maximum atomic E-state index is 10.8. The van der Waals surface area contributed by atoms with Crippen molar-refractivity contribution in [3.8, 4) is 0 Å². The standard InChI is InChI=1S/C14H20N2O2/c1-3-18-14(7-4-5-11(2)9-14)13-15-8-6-12(10-17)16-13/h6,8,10-11H,3-5,7,9H2,1-2H3. The van der Waals surface area contributed by atoms with Crippen LogP contribution in [-0.2, 0) is 10.3 Å². The molecule has 4 heteroatoms. The van der Waals surface area contributed by atoms with E-state index in [2.05, 4.69) is 16.9 Å². The van der Waals surface area contributed by atoms with Crippen molar-refractivity contribution < 1.29 is 9.53 Å². The Balaban J connectivity index is 2.35. The van der Waals surface area contributed by atoms with Crippen molar-refractivity contribution in [2.45, 2.75) is 45.1 Å². The van der Waals surface area contributed by atoms with E-state index in [4.69, 9.17) is 4.74 Å². The number of carbonyl (C=O) groups is 1. The normalized spacial score (nSPS) is 28.0. The first-order chi connectivity index (χ1) is 8.70. The van der Waals surface area contributed by atoms with Crippen LogP contribution in [-0.4, -0.2) is 22.9 Å². The Morgan fingerprint density at radius 2 is 2.44 bits per heavy atom. The second-order valence-electron chi connectivity index (χ2n) is 5.05. The number of hydrogen-bond acceptors (Lipinski definition) is 4. The molecule has 2 atom stereocenters. The van der Waals surface area contributed by atoms with Gasteiger partial charge in [-0.3, -0.25) is 4.79 Å². The molecule has 1 saturated carbocycles. The molecule has 0 spiro atoms. The van der Waals surface area contributed by atoms with Crippen LogP contribution in [0, 0.1) is 5.92 Å². The largest absolute Gasteiger partial charge is 0.367 e. The van der Waals surface area contributed by atoms with Gasteiger partial charge in [0, 0.05) is 12.8 Å². The van der Waals surface area contributed by atoms with E-state index in [0.29, 0.717) is 24.0 Å². The van der Waals surface area contributed by atoms with Gasteiger partial charge >= 0.3 is 0 Å². The SMILES string of the molecule is CCOC1(c2nccc(C=O)n2)CCCC(C)C1. The summed E-state index contributed by atoms with van der Waals surface area (Å²) in [6.07, 6.45) is 6.62. The lowest BCUT2D eigenvalue weighted by Crippen LogP contribution is -2.37. The first-order valence-electron chi connectivity index (χ1n) is 6.63. The van der Waals surface area contributed by atoms with Crippen LogP contribution in [0.15, 0.2) is 12.3 Å². The molecule has 1 heterocycles. The van der Waals surface area contributed by atoms with Crippen molar-refractivity contribution in [2.24, 2.45) is 5.92 Å². The van der Waals surface area contributed by atoms with E-state index in [1.807, 2.05) is 6.92 Å². The Hall–Kier alpha value is -1.29. The van der Waals surface area contributed by atoms with Crippen LogP contribution in [0.5, 0.6) is 0 Å². The second-order valence-corrected chi connectivity index (χ2v) is 5.05. The zero-order valence-electron chi connectivity index (χ0n) is 11.1. The Bertz CT molecular complexity index is 418. The van der Waals surface area contributed by atoms with Gasteiger partial charge in [0.05, 0.1) is 0 Å². The Kier molecular flexibility index (Phi) is 4.07. The van der Waals surface area contributed by atoms with E-state index in [1.165, 1.54) is 6.42 Å². The van der Waals surface area contributed by atoms with Crippen LogP contribution in [0.1, 0.15) is 55.8 Å². The van der Waals surface area contributed by atoms with Gasteiger partial charge in [0.1, 0.15) is 11.3 Å². The number of nitrogens with zero attached hydrogens (tertiary/aromatic N) is 2. The van der Waals surface area contributed by atoms with Crippen LogP contribution >= 0.6 is 0 Å². The molecule has 1 aliphatic carbocycles. The van der Waals surface area contributed by atoms with Crippen LogP contribution in [0.2, 0.25) is 0 Å². The zero-order valence-corrected chi connectivity index (χ0v) is 11.1. The van der Waals surface area contributed by atoms with Gasteiger partial charge < -0.3 is 4.74 Å². The molecule has 1 fully saturated rings. The van der Waals surface area contributed by atoms with E-state index in [0.717, 1.165) is 25.5 Å². The van der Waals surface area contributed by atoms with Crippen molar-refractivity contribution in [1.29, 1.82) is 0 Å². The molecule has 2 unspecified atom stereocenters. The lowest BCUT2D eigenvalue weighted by Gasteiger charge is -2.38. The predicted octanol–water partition coefficient (Wildman–Crippen LogP) is 2.73. The molecule has 0 bridgehead atoms. The molecule has 0 aromatic carbocycles. The first kappa shape index (κ1) is 13.1. The van der Waals surface area contributed by atoms with Crippen molar-refractivity contribution in [1.82, 2.24) is 9.97 Å². The highest BCUT2D eigenvalue weighted by molar-refractivity contribution is 5.71. The molecule has 98 valence electrons. The number of hydrogen-bond donors (Lipinski definition) is 0. The van der Waals surface area contributed by atoms with Crippen LogP contribution in [0.4, 0.5) is 0 Å². The smallest absolute Gasteiger partial charge is 0.168 e. The van der Waals surface area contributed by atoms with Gasteiger partial charge in [0.25, 0.3) is 0 Å². The second kappa shape index (κ2) is 5.57. The fourth-order valence-electron chi connectivity index (χ4n) is 2.84. The van der Waals surface area contributed by atoms with Crippen LogP contribution < -0.4 is 0 Å². The minimum Gasteiger partial charge on any atom is -0.367 e. The summed E-state index contributed by atoms with van der Waals surface area (Å²) in [7, 11) is 0. The van der Waals surface area contributed by atoms with Crippen LogP contribution in [0.3, 0.4) is 0 Å². The number of rotatable bonds is 4. The topological polar surface area (TPSA) is 52.1 Å². The molecular weight excluding hydrogens is 228 g/mol. The van der Waals surface area contributed by atoms with E-state index in [9.17, 15) is 4.79 Å². The highest BCUT2D eigenvalue weighted by atomic mass is 16.5.